The van der Waals surface area contributed by atoms with E-state index in [1.807, 2.05) is 28.5 Å². The molecule has 1 aliphatic carbocycles. The highest BCUT2D eigenvalue weighted by molar-refractivity contribution is 6.30. The SMILES string of the molecule is CC1(N2Cc3cc(Cl)ccc3-n3c(nnc3C3CCN(c4ccc(F)c(C(F)(F)F)n4)CC3)C2)CC(F)(F)C1. The minimum Gasteiger partial charge on any atom is -0.357 e. The molecule has 2 aromatic heterocycles. The Morgan fingerprint density at radius 2 is 1.72 bits per heavy atom. The average molecular weight is 571 g/mol. The Hall–Kier alpha value is -2.86. The lowest BCUT2D eigenvalue weighted by Gasteiger charge is -2.51. The third kappa shape index (κ3) is 4.75. The number of aromatic nitrogens is 4. The normalized spacial score (nSPS) is 21.2. The van der Waals surface area contributed by atoms with Gasteiger partial charge in [-0.25, -0.2) is 18.2 Å². The van der Waals surface area contributed by atoms with Gasteiger partial charge in [0.25, 0.3) is 5.92 Å². The third-order valence-electron chi connectivity index (χ3n) is 8.06. The van der Waals surface area contributed by atoms with Crippen LogP contribution in [0.25, 0.3) is 5.69 Å². The van der Waals surface area contributed by atoms with Gasteiger partial charge in [-0.2, -0.15) is 13.2 Å². The minimum atomic E-state index is -4.88. The molecule has 1 aromatic carbocycles. The van der Waals surface area contributed by atoms with E-state index in [9.17, 15) is 26.3 Å². The molecular formula is C26H25ClF6N6. The molecule has 39 heavy (non-hydrogen) atoms. The second-order valence-electron chi connectivity index (χ2n) is 10.9. The van der Waals surface area contributed by atoms with Crippen LogP contribution in [0, 0.1) is 5.82 Å². The van der Waals surface area contributed by atoms with Gasteiger partial charge >= 0.3 is 6.18 Å². The van der Waals surface area contributed by atoms with Crippen LogP contribution in [0.5, 0.6) is 0 Å². The van der Waals surface area contributed by atoms with Crippen molar-refractivity contribution < 1.29 is 26.3 Å². The van der Waals surface area contributed by atoms with E-state index in [4.69, 9.17) is 11.6 Å². The summed E-state index contributed by atoms with van der Waals surface area (Å²) in [6.45, 7) is 3.40. The van der Waals surface area contributed by atoms with Gasteiger partial charge in [-0.1, -0.05) is 11.6 Å². The first-order valence-corrected chi connectivity index (χ1v) is 13.1. The van der Waals surface area contributed by atoms with Gasteiger partial charge in [0.15, 0.2) is 17.3 Å². The van der Waals surface area contributed by atoms with Crippen molar-refractivity contribution in [3.8, 4) is 5.69 Å². The maximum absolute atomic E-state index is 13.9. The number of benzene rings is 1. The predicted molar refractivity (Wildman–Crippen MR) is 132 cm³/mol. The molecule has 13 heteroatoms. The van der Waals surface area contributed by atoms with E-state index in [1.54, 1.807) is 11.0 Å². The molecule has 6 rings (SSSR count). The number of fused-ring (bicyclic) bond motifs is 3. The van der Waals surface area contributed by atoms with Crippen molar-refractivity contribution in [1.82, 2.24) is 24.6 Å². The Bertz CT molecular complexity index is 1410. The van der Waals surface area contributed by atoms with Crippen LogP contribution >= 0.6 is 11.6 Å². The number of rotatable bonds is 3. The predicted octanol–water partition coefficient (Wildman–Crippen LogP) is 6.36. The summed E-state index contributed by atoms with van der Waals surface area (Å²) < 4.78 is 82.9. The highest BCUT2D eigenvalue weighted by atomic mass is 35.5. The lowest BCUT2D eigenvalue weighted by molar-refractivity contribution is -0.173. The number of nitrogens with zero attached hydrogens (tertiary/aromatic N) is 6. The van der Waals surface area contributed by atoms with Crippen molar-refractivity contribution in [1.29, 1.82) is 0 Å². The molecular weight excluding hydrogens is 546 g/mol. The van der Waals surface area contributed by atoms with Crippen molar-refractivity contribution in [3.05, 3.63) is 64.1 Å². The monoisotopic (exact) mass is 570 g/mol. The lowest BCUT2D eigenvalue weighted by atomic mass is 9.73. The second kappa shape index (κ2) is 9.09. The van der Waals surface area contributed by atoms with E-state index in [-0.39, 0.29) is 24.6 Å². The molecule has 6 nitrogen and oxygen atoms in total. The third-order valence-corrected chi connectivity index (χ3v) is 8.29. The standard InChI is InChI=1S/C26H25ClF6N6/c1-24(13-25(29,30)14-24)38-11-16-10-17(27)2-4-19(16)39-21(12-38)35-36-23(39)15-6-8-37(9-7-15)20-5-3-18(28)22(34-20)26(31,32)33/h2-5,10,15H,6-9,11-14H2,1H3. The molecule has 4 heterocycles. The molecule has 1 saturated heterocycles. The van der Waals surface area contributed by atoms with Crippen molar-refractivity contribution in [2.24, 2.45) is 0 Å². The van der Waals surface area contributed by atoms with Crippen LogP contribution < -0.4 is 4.90 Å². The average Bonchev–Trinajstić information content (AvgIpc) is 3.18. The van der Waals surface area contributed by atoms with Gasteiger partial charge in [0, 0.05) is 49.0 Å². The molecule has 0 unspecified atom stereocenters. The summed E-state index contributed by atoms with van der Waals surface area (Å²) in [5, 5.41) is 9.49. The van der Waals surface area contributed by atoms with E-state index < -0.39 is 29.1 Å². The molecule has 0 radical (unpaired) electrons. The Balaban J connectivity index is 1.27. The van der Waals surface area contributed by atoms with Gasteiger partial charge in [0.1, 0.15) is 11.6 Å². The van der Waals surface area contributed by atoms with Crippen molar-refractivity contribution in [3.63, 3.8) is 0 Å². The number of halogens is 7. The van der Waals surface area contributed by atoms with Crippen molar-refractivity contribution in [2.75, 3.05) is 18.0 Å². The quantitative estimate of drug-likeness (QED) is 0.343. The van der Waals surface area contributed by atoms with Gasteiger partial charge < -0.3 is 4.90 Å². The minimum absolute atomic E-state index is 0.0521. The molecule has 0 bridgehead atoms. The summed E-state index contributed by atoms with van der Waals surface area (Å²) >= 11 is 6.31. The fourth-order valence-electron chi connectivity index (χ4n) is 6.13. The van der Waals surface area contributed by atoms with Crippen LogP contribution in [-0.4, -0.2) is 49.2 Å². The molecule has 0 atom stereocenters. The second-order valence-corrected chi connectivity index (χ2v) is 11.3. The first-order valence-electron chi connectivity index (χ1n) is 12.7. The number of piperidine rings is 1. The number of alkyl halides is 5. The Kier molecular flexibility index (Phi) is 6.14. The zero-order chi connectivity index (χ0) is 27.7. The molecule has 3 aliphatic rings. The Morgan fingerprint density at radius 1 is 1.00 bits per heavy atom. The molecule has 2 aliphatic heterocycles. The number of hydrogen-bond acceptors (Lipinski definition) is 5. The number of hydrogen-bond donors (Lipinski definition) is 0. The molecule has 1 saturated carbocycles. The van der Waals surface area contributed by atoms with Gasteiger partial charge in [-0.05, 0) is 55.7 Å². The van der Waals surface area contributed by atoms with Crippen LogP contribution in [0.2, 0.25) is 5.02 Å². The summed E-state index contributed by atoms with van der Waals surface area (Å²) in [5.41, 5.74) is -0.495. The van der Waals surface area contributed by atoms with Crippen molar-refractivity contribution in [2.45, 2.75) is 69.3 Å². The zero-order valence-corrected chi connectivity index (χ0v) is 21.7. The van der Waals surface area contributed by atoms with Crippen LogP contribution in [0.3, 0.4) is 0 Å². The van der Waals surface area contributed by atoms with Crippen molar-refractivity contribution >= 4 is 17.4 Å². The summed E-state index contributed by atoms with van der Waals surface area (Å²) in [6, 6.07) is 7.54. The maximum atomic E-state index is 13.9. The molecule has 3 aromatic rings. The molecule has 0 amide bonds. The van der Waals surface area contributed by atoms with Crippen LogP contribution in [-0.2, 0) is 19.3 Å². The summed E-state index contributed by atoms with van der Waals surface area (Å²) in [5.74, 6) is -2.72. The van der Waals surface area contributed by atoms with Crippen LogP contribution in [0.1, 0.15) is 61.4 Å². The van der Waals surface area contributed by atoms with Gasteiger partial charge in [0.2, 0.25) is 0 Å². The van der Waals surface area contributed by atoms with Gasteiger partial charge in [-0.3, -0.25) is 9.47 Å². The Morgan fingerprint density at radius 3 is 2.38 bits per heavy atom. The smallest absolute Gasteiger partial charge is 0.357 e. The summed E-state index contributed by atoms with van der Waals surface area (Å²) in [7, 11) is 0. The fourth-order valence-corrected chi connectivity index (χ4v) is 6.33. The van der Waals surface area contributed by atoms with Gasteiger partial charge in [-0.15, -0.1) is 10.2 Å². The molecule has 208 valence electrons. The first-order chi connectivity index (χ1) is 18.3. The van der Waals surface area contributed by atoms with Crippen LogP contribution in [0.4, 0.5) is 32.2 Å². The highest BCUT2D eigenvalue weighted by Crippen LogP contribution is 2.50. The zero-order valence-electron chi connectivity index (χ0n) is 20.9. The fraction of sp³-hybridized carbons (Fsp3) is 0.500. The summed E-state index contributed by atoms with van der Waals surface area (Å²) in [4.78, 5) is 7.27. The molecule has 0 N–H and O–H groups in total. The largest absolute Gasteiger partial charge is 0.436 e. The summed E-state index contributed by atoms with van der Waals surface area (Å²) in [6.07, 6.45) is -4.22. The molecule has 0 spiro atoms. The van der Waals surface area contributed by atoms with E-state index >= 15 is 0 Å². The maximum Gasteiger partial charge on any atom is 0.436 e. The van der Waals surface area contributed by atoms with E-state index in [1.165, 1.54) is 6.07 Å². The van der Waals surface area contributed by atoms with E-state index in [2.05, 4.69) is 15.2 Å². The lowest BCUT2D eigenvalue weighted by Crippen LogP contribution is -2.59. The van der Waals surface area contributed by atoms with E-state index in [0.29, 0.717) is 55.7 Å². The van der Waals surface area contributed by atoms with E-state index in [0.717, 1.165) is 17.3 Å². The molecule has 2 fully saturated rings. The van der Waals surface area contributed by atoms with Crippen LogP contribution in [0.15, 0.2) is 30.3 Å². The topological polar surface area (TPSA) is 50.1 Å². The number of pyridine rings is 1. The number of anilines is 1. The first kappa shape index (κ1) is 26.4. The Labute approximate surface area is 225 Å². The van der Waals surface area contributed by atoms with Gasteiger partial charge in [0.05, 0.1) is 12.2 Å². The highest BCUT2D eigenvalue weighted by Gasteiger charge is 2.57.